The van der Waals surface area contributed by atoms with Gasteiger partial charge in [0.1, 0.15) is 12.4 Å². The molecule has 0 unspecified atom stereocenters. The van der Waals surface area contributed by atoms with Crippen molar-refractivity contribution in [2.24, 2.45) is 0 Å². The summed E-state index contributed by atoms with van der Waals surface area (Å²) in [5.74, 6) is -4.04. The largest absolute Gasteiger partial charge is 0.360 e. The van der Waals surface area contributed by atoms with Crippen LogP contribution in [-0.4, -0.2) is 39.4 Å². The van der Waals surface area contributed by atoms with Crippen LogP contribution >= 0.6 is 11.6 Å². The molecule has 3 heterocycles. The van der Waals surface area contributed by atoms with Crippen molar-refractivity contribution in [3.05, 3.63) is 57.9 Å². The van der Waals surface area contributed by atoms with Gasteiger partial charge < -0.3 is 14.5 Å². The predicted molar refractivity (Wildman–Crippen MR) is 94.5 cm³/mol. The second kappa shape index (κ2) is 6.16. The number of halogens is 4. The van der Waals surface area contributed by atoms with Crippen LogP contribution in [0.15, 0.2) is 41.5 Å². The number of hydrogen-bond donors (Lipinski definition) is 1. The normalized spacial score (nSPS) is 15.8. The molecule has 1 saturated heterocycles. The number of rotatable bonds is 3. The lowest BCUT2D eigenvalue weighted by molar-refractivity contribution is -0.166. The summed E-state index contributed by atoms with van der Waals surface area (Å²) in [6.45, 7) is -1.62. The lowest BCUT2D eigenvalue weighted by Gasteiger charge is -2.38. The molecule has 0 spiro atoms. The summed E-state index contributed by atoms with van der Waals surface area (Å²) >= 11 is 5.70. The number of likely N-dealkylation sites (tertiary alicyclic amines) is 1. The third-order valence-corrected chi connectivity index (χ3v) is 4.85. The van der Waals surface area contributed by atoms with Crippen LogP contribution in [0.3, 0.4) is 0 Å². The van der Waals surface area contributed by atoms with E-state index in [-0.39, 0.29) is 17.0 Å². The highest BCUT2D eigenvalue weighted by Gasteiger charge is 2.46. The second-order valence-corrected chi connectivity index (χ2v) is 6.88. The van der Waals surface area contributed by atoms with E-state index in [0.717, 1.165) is 9.47 Å². The van der Waals surface area contributed by atoms with E-state index in [9.17, 15) is 22.8 Å². The van der Waals surface area contributed by atoms with Crippen molar-refractivity contribution in [3.8, 4) is 11.1 Å². The van der Waals surface area contributed by atoms with E-state index in [4.69, 9.17) is 11.6 Å². The number of benzene rings is 1. The first-order valence-corrected chi connectivity index (χ1v) is 8.44. The zero-order valence-corrected chi connectivity index (χ0v) is 14.6. The van der Waals surface area contributed by atoms with E-state index >= 15 is 0 Å². The van der Waals surface area contributed by atoms with Crippen molar-refractivity contribution in [2.45, 2.75) is 12.5 Å². The molecule has 1 aromatic carbocycles. The fourth-order valence-electron chi connectivity index (χ4n) is 3.13. The van der Waals surface area contributed by atoms with Gasteiger partial charge >= 0.3 is 0 Å². The van der Waals surface area contributed by atoms with Gasteiger partial charge in [0.25, 0.3) is 11.5 Å². The van der Waals surface area contributed by atoms with E-state index in [0.29, 0.717) is 16.6 Å². The molecule has 0 radical (unpaired) electrons. The van der Waals surface area contributed by atoms with Crippen molar-refractivity contribution < 1.29 is 18.0 Å². The zero-order chi connectivity index (χ0) is 19.3. The van der Waals surface area contributed by atoms with Gasteiger partial charge in [0, 0.05) is 18.0 Å². The number of nitrogens with one attached hydrogen (secondary N) is 1. The van der Waals surface area contributed by atoms with Gasteiger partial charge in [-0.05, 0) is 23.8 Å². The molecule has 27 heavy (non-hydrogen) atoms. The number of amides is 1. The van der Waals surface area contributed by atoms with E-state index in [2.05, 4.69) is 4.98 Å². The molecule has 2 aromatic heterocycles. The molecule has 1 aliphatic heterocycles. The quantitative estimate of drug-likeness (QED) is 0.740. The van der Waals surface area contributed by atoms with Crippen LogP contribution in [0.25, 0.3) is 22.0 Å². The van der Waals surface area contributed by atoms with Crippen LogP contribution < -0.4 is 5.56 Å². The molecule has 9 heteroatoms. The van der Waals surface area contributed by atoms with Crippen molar-refractivity contribution in [2.75, 3.05) is 13.1 Å². The first kappa shape index (κ1) is 17.7. The Balaban J connectivity index is 1.70. The molecule has 1 fully saturated rings. The summed E-state index contributed by atoms with van der Waals surface area (Å²) in [5.41, 5.74) is 0.957. The molecule has 1 aliphatic rings. The lowest BCUT2D eigenvalue weighted by atomic mass is 10.1. The zero-order valence-electron chi connectivity index (χ0n) is 13.8. The fraction of sp³-hybridized carbons (Fsp3) is 0.222. The Kier molecular flexibility index (Phi) is 4.03. The minimum atomic E-state index is -2.86. The topological polar surface area (TPSA) is 58.1 Å². The van der Waals surface area contributed by atoms with E-state index in [1.54, 1.807) is 18.3 Å². The average Bonchev–Trinajstić information content (AvgIpc) is 3.02. The number of carbonyl (C=O) groups excluding carboxylic acids is 1. The standard InChI is InChI=1S/C18H13ClF3N3O2/c19-12-2-1-10(5-13(12)20)11-6-23-14-3-4-24(17(27)16(11)14)7-15(26)25-8-18(21,22)9-25/h1-6,23H,7-9H2. The Morgan fingerprint density at radius 3 is 2.67 bits per heavy atom. The van der Waals surface area contributed by atoms with Crippen molar-refractivity contribution in [1.82, 2.24) is 14.5 Å². The van der Waals surface area contributed by atoms with Gasteiger partial charge in [-0.1, -0.05) is 17.7 Å². The number of hydrogen-bond acceptors (Lipinski definition) is 2. The van der Waals surface area contributed by atoms with Crippen LogP contribution in [0.5, 0.6) is 0 Å². The highest BCUT2D eigenvalue weighted by Crippen LogP contribution is 2.29. The molecule has 1 amide bonds. The maximum atomic E-state index is 13.8. The molecular weight excluding hydrogens is 383 g/mol. The Labute approximate surface area is 156 Å². The number of fused-ring (bicyclic) bond motifs is 1. The predicted octanol–water partition coefficient (Wildman–Crippen LogP) is 3.27. The molecule has 3 aromatic rings. The highest BCUT2D eigenvalue weighted by molar-refractivity contribution is 6.30. The molecule has 0 saturated carbocycles. The van der Waals surface area contributed by atoms with E-state index in [1.165, 1.54) is 18.3 Å². The van der Waals surface area contributed by atoms with Gasteiger partial charge in [0.05, 0.1) is 29.0 Å². The fourth-order valence-corrected chi connectivity index (χ4v) is 3.24. The lowest BCUT2D eigenvalue weighted by Crippen LogP contribution is -2.59. The van der Waals surface area contributed by atoms with Crippen LogP contribution in [0.4, 0.5) is 13.2 Å². The summed E-state index contributed by atoms with van der Waals surface area (Å²) < 4.78 is 40.8. The Hall–Kier alpha value is -2.74. The molecule has 0 atom stereocenters. The summed E-state index contributed by atoms with van der Waals surface area (Å²) in [6, 6.07) is 5.79. The third-order valence-electron chi connectivity index (χ3n) is 4.54. The van der Waals surface area contributed by atoms with Gasteiger partial charge in [0.2, 0.25) is 5.91 Å². The number of aromatic amines is 1. The highest BCUT2D eigenvalue weighted by atomic mass is 35.5. The first-order chi connectivity index (χ1) is 12.7. The number of alkyl halides is 2. The van der Waals surface area contributed by atoms with Gasteiger partial charge in [-0.15, -0.1) is 0 Å². The van der Waals surface area contributed by atoms with Crippen molar-refractivity contribution in [3.63, 3.8) is 0 Å². The number of pyridine rings is 1. The van der Waals surface area contributed by atoms with Crippen LogP contribution in [0.2, 0.25) is 5.02 Å². The number of aromatic nitrogens is 2. The number of carbonyl (C=O) groups is 1. The average molecular weight is 396 g/mol. The summed E-state index contributed by atoms with van der Waals surface area (Å²) in [7, 11) is 0. The second-order valence-electron chi connectivity index (χ2n) is 6.47. The Morgan fingerprint density at radius 1 is 1.26 bits per heavy atom. The van der Waals surface area contributed by atoms with Crippen LogP contribution in [0.1, 0.15) is 0 Å². The molecule has 1 N–H and O–H groups in total. The SMILES string of the molecule is O=C(Cn1ccc2[nH]cc(-c3ccc(Cl)c(F)c3)c2c1=O)N1CC(F)(F)C1. The number of H-pyrrole nitrogens is 1. The maximum absolute atomic E-state index is 13.8. The van der Waals surface area contributed by atoms with Gasteiger partial charge in [-0.25, -0.2) is 13.2 Å². The summed E-state index contributed by atoms with van der Waals surface area (Å²) in [5, 5.41) is 0.244. The molecule has 4 rings (SSSR count). The summed E-state index contributed by atoms with van der Waals surface area (Å²) in [4.78, 5) is 28.9. The minimum Gasteiger partial charge on any atom is -0.360 e. The van der Waals surface area contributed by atoms with Crippen LogP contribution in [-0.2, 0) is 11.3 Å². The number of nitrogens with zero attached hydrogens (tertiary/aromatic N) is 2. The summed E-state index contributed by atoms with van der Waals surface area (Å²) in [6.07, 6.45) is 2.99. The maximum Gasteiger partial charge on any atom is 0.282 e. The Bertz CT molecular complexity index is 1110. The molecule has 0 bridgehead atoms. The van der Waals surface area contributed by atoms with Crippen LogP contribution in [0, 0.1) is 5.82 Å². The first-order valence-electron chi connectivity index (χ1n) is 8.07. The van der Waals surface area contributed by atoms with Gasteiger partial charge in [0.15, 0.2) is 0 Å². The molecular formula is C18H13ClF3N3O2. The minimum absolute atomic E-state index is 0.0343. The third kappa shape index (κ3) is 3.10. The van der Waals surface area contributed by atoms with E-state index < -0.39 is 36.3 Å². The van der Waals surface area contributed by atoms with Crippen molar-refractivity contribution >= 4 is 28.4 Å². The molecule has 140 valence electrons. The Morgan fingerprint density at radius 2 is 2.00 bits per heavy atom. The monoisotopic (exact) mass is 395 g/mol. The van der Waals surface area contributed by atoms with Gasteiger partial charge in [-0.2, -0.15) is 0 Å². The van der Waals surface area contributed by atoms with E-state index in [1.807, 2.05) is 0 Å². The molecule has 5 nitrogen and oxygen atoms in total. The smallest absolute Gasteiger partial charge is 0.282 e. The van der Waals surface area contributed by atoms with Crippen molar-refractivity contribution in [1.29, 1.82) is 0 Å². The molecule has 0 aliphatic carbocycles. The van der Waals surface area contributed by atoms with Gasteiger partial charge in [-0.3, -0.25) is 9.59 Å².